The minimum atomic E-state index is 0.721. The fraction of sp³-hybridized carbons (Fsp3) is 1.00. The summed E-state index contributed by atoms with van der Waals surface area (Å²) >= 11 is 0. The molecule has 0 heterocycles. The van der Waals surface area contributed by atoms with Crippen LogP contribution < -0.4 is 5.43 Å². The van der Waals surface area contributed by atoms with Gasteiger partial charge >= 0.3 is 0 Å². The summed E-state index contributed by atoms with van der Waals surface area (Å²) in [5, 5.41) is 2.08. The first kappa shape index (κ1) is 9.01. The average molecular weight is 156 g/mol. The van der Waals surface area contributed by atoms with Gasteiger partial charge < -0.3 is 0 Å². The molecule has 2 nitrogen and oxygen atoms in total. The first-order valence-electron chi connectivity index (χ1n) is 4.63. The van der Waals surface area contributed by atoms with E-state index in [0.717, 1.165) is 12.0 Å². The van der Waals surface area contributed by atoms with E-state index in [4.69, 9.17) is 0 Å². The molecule has 2 heteroatoms. The van der Waals surface area contributed by atoms with Gasteiger partial charge in [-0.2, -0.15) is 0 Å². The van der Waals surface area contributed by atoms with Gasteiger partial charge in [0.1, 0.15) is 0 Å². The molecule has 0 aromatic carbocycles. The third-order valence-corrected chi connectivity index (χ3v) is 2.54. The zero-order valence-electron chi connectivity index (χ0n) is 7.93. The normalized spacial score (nSPS) is 32.7. The highest BCUT2D eigenvalue weighted by Crippen LogP contribution is 2.23. The Balaban J connectivity index is 2.29. The number of nitrogens with zero attached hydrogens (tertiary/aromatic N) is 1. The second kappa shape index (κ2) is 4.07. The van der Waals surface area contributed by atoms with Crippen molar-refractivity contribution in [3.8, 4) is 0 Å². The Morgan fingerprint density at radius 3 is 2.36 bits per heavy atom. The molecule has 0 aromatic heterocycles. The summed E-state index contributed by atoms with van der Waals surface area (Å²) in [6, 6.07) is 0.721. The fourth-order valence-electron chi connectivity index (χ4n) is 1.84. The largest absolute Gasteiger partial charge is 0.252 e. The van der Waals surface area contributed by atoms with E-state index in [0.29, 0.717) is 0 Å². The van der Waals surface area contributed by atoms with Crippen molar-refractivity contribution in [2.45, 2.75) is 38.6 Å². The van der Waals surface area contributed by atoms with E-state index in [2.05, 4.69) is 31.5 Å². The van der Waals surface area contributed by atoms with E-state index in [9.17, 15) is 0 Å². The topological polar surface area (TPSA) is 15.3 Å². The third kappa shape index (κ3) is 2.80. The molecule has 1 rings (SSSR count). The first-order chi connectivity index (χ1) is 5.20. The van der Waals surface area contributed by atoms with Crippen molar-refractivity contribution in [2.24, 2.45) is 5.92 Å². The van der Waals surface area contributed by atoms with Crippen LogP contribution in [-0.2, 0) is 0 Å². The Morgan fingerprint density at radius 1 is 1.18 bits per heavy atom. The lowest BCUT2D eigenvalue weighted by Crippen LogP contribution is -2.44. The lowest BCUT2D eigenvalue weighted by atomic mass is 9.86. The molecule has 0 radical (unpaired) electrons. The van der Waals surface area contributed by atoms with Gasteiger partial charge in [-0.15, -0.1) is 0 Å². The molecule has 1 aliphatic rings. The summed E-state index contributed by atoms with van der Waals surface area (Å²) in [4.78, 5) is 0. The van der Waals surface area contributed by atoms with Crippen molar-refractivity contribution in [1.82, 2.24) is 10.4 Å². The summed E-state index contributed by atoms with van der Waals surface area (Å²) in [6.45, 7) is 2.35. The van der Waals surface area contributed by atoms with Crippen LogP contribution in [0, 0.1) is 5.92 Å². The van der Waals surface area contributed by atoms with Gasteiger partial charge in [0.2, 0.25) is 0 Å². The van der Waals surface area contributed by atoms with Gasteiger partial charge in [0.25, 0.3) is 0 Å². The van der Waals surface area contributed by atoms with E-state index in [-0.39, 0.29) is 0 Å². The van der Waals surface area contributed by atoms with Crippen LogP contribution in [0.15, 0.2) is 0 Å². The smallest absolute Gasteiger partial charge is 0.0240 e. The summed E-state index contributed by atoms with van der Waals surface area (Å²) in [6.07, 6.45) is 5.56. The van der Waals surface area contributed by atoms with Crippen LogP contribution in [0.2, 0.25) is 0 Å². The van der Waals surface area contributed by atoms with Crippen LogP contribution >= 0.6 is 0 Å². The predicted octanol–water partition coefficient (Wildman–Crippen LogP) is 1.63. The fourth-order valence-corrected chi connectivity index (χ4v) is 1.84. The van der Waals surface area contributed by atoms with Gasteiger partial charge in [-0.3, -0.25) is 10.4 Å². The summed E-state index contributed by atoms with van der Waals surface area (Å²) in [7, 11) is 4.14. The van der Waals surface area contributed by atoms with E-state index in [1.54, 1.807) is 0 Å². The van der Waals surface area contributed by atoms with Gasteiger partial charge in [0, 0.05) is 20.1 Å². The van der Waals surface area contributed by atoms with Gasteiger partial charge in [0.15, 0.2) is 0 Å². The lowest BCUT2D eigenvalue weighted by molar-refractivity contribution is 0.166. The molecule has 0 saturated heterocycles. The molecule has 1 N–H and O–H groups in total. The van der Waals surface area contributed by atoms with Crippen LogP contribution in [0.1, 0.15) is 32.6 Å². The molecule has 0 spiro atoms. The minimum absolute atomic E-state index is 0.721. The van der Waals surface area contributed by atoms with Crippen LogP contribution in [0.4, 0.5) is 0 Å². The van der Waals surface area contributed by atoms with Crippen LogP contribution in [0.3, 0.4) is 0 Å². The Hall–Kier alpha value is -0.0800. The molecule has 2 unspecified atom stereocenters. The number of hydrogen-bond acceptors (Lipinski definition) is 2. The van der Waals surface area contributed by atoms with Crippen LogP contribution in [0.25, 0.3) is 0 Å². The lowest BCUT2D eigenvalue weighted by Gasteiger charge is -2.31. The first-order valence-corrected chi connectivity index (χ1v) is 4.63. The summed E-state index contributed by atoms with van der Waals surface area (Å²) in [5.74, 6) is 0.853. The maximum absolute atomic E-state index is 3.46. The van der Waals surface area contributed by atoms with Crippen molar-refractivity contribution >= 4 is 0 Å². The second-order valence-corrected chi connectivity index (χ2v) is 3.89. The summed E-state index contributed by atoms with van der Waals surface area (Å²) < 4.78 is 0. The minimum Gasteiger partial charge on any atom is -0.252 e. The molecule has 1 saturated carbocycles. The van der Waals surface area contributed by atoms with E-state index < -0.39 is 0 Å². The Morgan fingerprint density at radius 2 is 1.82 bits per heavy atom. The number of rotatable bonds is 2. The molecule has 2 atom stereocenters. The SMILES string of the molecule is CC1CCCCC1NN(C)C. The Bertz CT molecular complexity index is 112. The van der Waals surface area contributed by atoms with Crippen molar-refractivity contribution in [3.05, 3.63) is 0 Å². The monoisotopic (exact) mass is 156 g/mol. The molecular weight excluding hydrogens is 136 g/mol. The molecule has 0 bridgehead atoms. The number of hydrazine groups is 1. The number of nitrogens with one attached hydrogen (secondary N) is 1. The van der Waals surface area contributed by atoms with Gasteiger partial charge in [-0.1, -0.05) is 19.8 Å². The summed E-state index contributed by atoms with van der Waals surface area (Å²) in [5.41, 5.74) is 3.46. The molecule has 0 amide bonds. The van der Waals surface area contributed by atoms with Gasteiger partial charge in [-0.25, -0.2) is 0 Å². The molecule has 0 aromatic rings. The van der Waals surface area contributed by atoms with Crippen LogP contribution in [-0.4, -0.2) is 25.1 Å². The molecule has 0 aliphatic heterocycles. The average Bonchev–Trinajstić information content (AvgIpc) is 1.93. The highest BCUT2D eigenvalue weighted by molar-refractivity contribution is 4.76. The standard InChI is InChI=1S/C9H20N2/c1-8-6-4-5-7-9(8)10-11(2)3/h8-10H,4-7H2,1-3H3. The molecule has 11 heavy (non-hydrogen) atoms. The Kier molecular flexibility index (Phi) is 3.34. The van der Waals surface area contributed by atoms with Gasteiger partial charge in [0.05, 0.1) is 0 Å². The van der Waals surface area contributed by atoms with Crippen molar-refractivity contribution in [2.75, 3.05) is 14.1 Å². The highest BCUT2D eigenvalue weighted by Gasteiger charge is 2.20. The van der Waals surface area contributed by atoms with Crippen molar-refractivity contribution in [3.63, 3.8) is 0 Å². The third-order valence-electron chi connectivity index (χ3n) is 2.54. The molecule has 1 aliphatic carbocycles. The molecular formula is C9H20N2. The van der Waals surface area contributed by atoms with E-state index in [1.807, 2.05) is 0 Å². The zero-order chi connectivity index (χ0) is 8.27. The second-order valence-electron chi connectivity index (χ2n) is 3.89. The maximum Gasteiger partial charge on any atom is 0.0240 e. The molecule has 1 fully saturated rings. The number of hydrogen-bond donors (Lipinski definition) is 1. The van der Waals surface area contributed by atoms with E-state index >= 15 is 0 Å². The van der Waals surface area contributed by atoms with Gasteiger partial charge in [-0.05, 0) is 18.8 Å². The maximum atomic E-state index is 3.46. The Labute approximate surface area is 69.9 Å². The molecule has 66 valence electrons. The van der Waals surface area contributed by atoms with E-state index in [1.165, 1.54) is 25.7 Å². The highest BCUT2D eigenvalue weighted by atomic mass is 15.5. The predicted molar refractivity (Wildman–Crippen MR) is 48.2 cm³/mol. The zero-order valence-corrected chi connectivity index (χ0v) is 7.93. The quantitative estimate of drug-likeness (QED) is 0.611. The van der Waals surface area contributed by atoms with Crippen LogP contribution in [0.5, 0.6) is 0 Å². The van der Waals surface area contributed by atoms with Crippen molar-refractivity contribution < 1.29 is 0 Å². The van der Waals surface area contributed by atoms with Crippen molar-refractivity contribution in [1.29, 1.82) is 0 Å².